The highest BCUT2D eigenvalue weighted by Crippen LogP contribution is 2.27. The molecule has 3 nitrogen and oxygen atoms in total. The number of carbonyl (C=O) groups excluding carboxylic acids is 1. The minimum atomic E-state index is -1.22. The second-order valence-corrected chi connectivity index (χ2v) is 4.34. The lowest BCUT2D eigenvalue weighted by Crippen LogP contribution is -2.21. The van der Waals surface area contributed by atoms with Gasteiger partial charge >= 0.3 is 5.97 Å². The van der Waals surface area contributed by atoms with Crippen LogP contribution >= 0.6 is 15.9 Å². The van der Waals surface area contributed by atoms with Crippen molar-refractivity contribution in [2.75, 3.05) is 7.11 Å². The van der Waals surface area contributed by atoms with E-state index in [0.29, 0.717) is 4.47 Å². The van der Waals surface area contributed by atoms with E-state index in [9.17, 15) is 14.3 Å². The molecule has 16 heavy (non-hydrogen) atoms. The van der Waals surface area contributed by atoms with Gasteiger partial charge in [-0.05, 0) is 25.1 Å². The van der Waals surface area contributed by atoms with Crippen LogP contribution in [0.2, 0.25) is 0 Å². The van der Waals surface area contributed by atoms with Crippen LogP contribution in [0, 0.1) is 11.7 Å². The van der Waals surface area contributed by atoms with E-state index in [2.05, 4.69) is 20.7 Å². The summed E-state index contributed by atoms with van der Waals surface area (Å²) in [4.78, 5) is 11.2. The maximum Gasteiger partial charge on any atom is 0.311 e. The van der Waals surface area contributed by atoms with E-state index >= 15 is 0 Å². The van der Waals surface area contributed by atoms with Gasteiger partial charge in [0.1, 0.15) is 5.82 Å². The molecule has 0 aliphatic rings. The monoisotopic (exact) mass is 290 g/mol. The van der Waals surface area contributed by atoms with Gasteiger partial charge in [-0.1, -0.05) is 15.9 Å². The molecular formula is C11H12BrFO3. The molecule has 2 atom stereocenters. The lowest BCUT2D eigenvalue weighted by atomic mass is 9.97. The Morgan fingerprint density at radius 1 is 1.56 bits per heavy atom. The molecule has 0 spiro atoms. The Morgan fingerprint density at radius 3 is 2.75 bits per heavy atom. The maximum absolute atomic E-state index is 13.4. The van der Waals surface area contributed by atoms with Gasteiger partial charge in [-0.3, -0.25) is 4.79 Å². The molecule has 0 bridgehead atoms. The van der Waals surface area contributed by atoms with Gasteiger partial charge in [-0.15, -0.1) is 0 Å². The Bertz CT molecular complexity index is 395. The summed E-state index contributed by atoms with van der Waals surface area (Å²) >= 11 is 3.17. The highest BCUT2D eigenvalue weighted by molar-refractivity contribution is 9.10. The third-order valence-corrected chi connectivity index (χ3v) is 2.82. The molecule has 2 unspecified atom stereocenters. The first-order valence-electron chi connectivity index (χ1n) is 4.68. The number of methoxy groups -OCH3 is 1. The maximum atomic E-state index is 13.4. The Kier molecular flexibility index (Phi) is 4.44. The Morgan fingerprint density at radius 2 is 2.19 bits per heavy atom. The summed E-state index contributed by atoms with van der Waals surface area (Å²) in [6, 6.07) is 4.19. The van der Waals surface area contributed by atoms with E-state index < -0.39 is 23.8 Å². The van der Waals surface area contributed by atoms with Crippen molar-refractivity contribution in [3.8, 4) is 0 Å². The van der Waals surface area contributed by atoms with Crippen molar-refractivity contribution in [1.82, 2.24) is 0 Å². The fraction of sp³-hybridized carbons (Fsp3) is 0.364. The average molecular weight is 291 g/mol. The number of aliphatic hydroxyl groups is 1. The molecule has 0 aliphatic carbocycles. The fourth-order valence-electron chi connectivity index (χ4n) is 1.33. The normalized spacial score (nSPS) is 14.3. The lowest BCUT2D eigenvalue weighted by molar-refractivity contribution is -0.148. The number of esters is 1. The largest absolute Gasteiger partial charge is 0.469 e. The number of hydrogen-bond acceptors (Lipinski definition) is 3. The SMILES string of the molecule is COC(=O)C(C)C(O)c1cc(Br)ccc1F. The molecule has 1 N–H and O–H groups in total. The van der Waals surface area contributed by atoms with E-state index in [4.69, 9.17) is 0 Å². The summed E-state index contributed by atoms with van der Waals surface area (Å²) in [5, 5.41) is 9.83. The third-order valence-electron chi connectivity index (χ3n) is 2.32. The van der Waals surface area contributed by atoms with Crippen molar-refractivity contribution in [2.45, 2.75) is 13.0 Å². The number of benzene rings is 1. The highest BCUT2D eigenvalue weighted by atomic mass is 79.9. The molecule has 1 aromatic carbocycles. The molecule has 88 valence electrons. The Labute approximate surface area is 101 Å². The van der Waals surface area contributed by atoms with Gasteiger partial charge in [0, 0.05) is 10.0 Å². The topological polar surface area (TPSA) is 46.5 Å². The first-order chi connectivity index (χ1) is 7.47. The number of rotatable bonds is 3. The Balaban J connectivity index is 2.99. The van der Waals surface area contributed by atoms with Crippen LogP contribution in [0.4, 0.5) is 4.39 Å². The van der Waals surface area contributed by atoms with E-state index in [1.54, 1.807) is 0 Å². The smallest absolute Gasteiger partial charge is 0.311 e. The van der Waals surface area contributed by atoms with Crippen molar-refractivity contribution >= 4 is 21.9 Å². The molecule has 0 aromatic heterocycles. The zero-order chi connectivity index (χ0) is 12.3. The van der Waals surface area contributed by atoms with Crippen molar-refractivity contribution in [2.24, 2.45) is 5.92 Å². The molecular weight excluding hydrogens is 279 g/mol. The minimum absolute atomic E-state index is 0.0762. The van der Waals surface area contributed by atoms with E-state index in [0.717, 1.165) is 0 Å². The molecule has 0 saturated heterocycles. The van der Waals surface area contributed by atoms with Crippen LogP contribution in [0.3, 0.4) is 0 Å². The van der Waals surface area contributed by atoms with Gasteiger partial charge in [-0.25, -0.2) is 4.39 Å². The summed E-state index contributed by atoms with van der Waals surface area (Å²) in [6.45, 7) is 1.48. The van der Waals surface area contributed by atoms with Gasteiger partial charge in [0.25, 0.3) is 0 Å². The molecule has 0 heterocycles. The summed E-state index contributed by atoms with van der Waals surface area (Å²) in [5.74, 6) is -1.94. The second kappa shape index (κ2) is 5.41. The molecule has 5 heteroatoms. The van der Waals surface area contributed by atoms with Crippen molar-refractivity contribution in [1.29, 1.82) is 0 Å². The third kappa shape index (κ3) is 2.80. The van der Waals surface area contributed by atoms with E-state index in [1.165, 1.54) is 32.2 Å². The fourth-order valence-corrected chi connectivity index (χ4v) is 1.70. The van der Waals surface area contributed by atoms with Crippen molar-refractivity contribution < 1.29 is 19.0 Å². The molecule has 1 aromatic rings. The first-order valence-corrected chi connectivity index (χ1v) is 5.47. The molecule has 0 saturated carbocycles. The number of ether oxygens (including phenoxy) is 1. The van der Waals surface area contributed by atoms with Gasteiger partial charge in [-0.2, -0.15) is 0 Å². The van der Waals surface area contributed by atoms with E-state index in [-0.39, 0.29) is 5.56 Å². The van der Waals surface area contributed by atoms with Crippen LogP contribution < -0.4 is 0 Å². The number of carbonyl (C=O) groups is 1. The van der Waals surface area contributed by atoms with Gasteiger partial charge < -0.3 is 9.84 Å². The second-order valence-electron chi connectivity index (χ2n) is 3.42. The predicted octanol–water partition coefficient (Wildman–Crippen LogP) is 2.43. The summed E-state index contributed by atoms with van der Waals surface area (Å²) in [7, 11) is 1.23. The zero-order valence-electron chi connectivity index (χ0n) is 8.91. The molecule has 0 radical (unpaired) electrons. The molecule has 1 rings (SSSR count). The van der Waals surface area contributed by atoms with Crippen LogP contribution in [0.25, 0.3) is 0 Å². The average Bonchev–Trinajstić information content (AvgIpc) is 2.29. The van der Waals surface area contributed by atoms with Gasteiger partial charge in [0.15, 0.2) is 0 Å². The van der Waals surface area contributed by atoms with Crippen LogP contribution in [0.1, 0.15) is 18.6 Å². The van der Waals surface area contributed by atoms with E-state index in [1.807, 2.05) is 0 Å². The summed E-state index contributed by atoms with van der Waals surface area (Å²) in [6.07, 6.45) is -1.22. The zero-order valence-corrected chi connectivity index (χ0v) is 10.5. The summed E-state index contributed by atoms with van der Waals surface area (Å²) in [5.41, 5.74) is 0.0762. The van der Waals surface area contributed by atoms with Crippen LogP contribution in [-0.4, -0.2) is 18.2 Å². The standard InChI is InChI=1S/C11H12BrFO3/c1-6(11(15)16-2)10(14)8-5-7(12)3-4-9(8)13/h3-6,10,14H,1-2H3. The Hall–Kier alpha value is -0.940. The number of hydrogen-bond donors (Lipinski definition) is 1. The summed E-state index contributed by atoms with van der Waals surface area (Å²) < 4.78 is 18.5. The van der Waals surface area contributed by atoms with Crippen LogP contribution in [0.5, 0.6) is 0 Å². The number of halogens is 2. The highest BCUT2D eigenvalue weighted by Gasteiger charge is 2.26. The minimum Gasteiger partial charge on any atom is -0.469 e. The van der Waals surface area contributed by atoms with Gasteiger partial charge in [0.2, 0.25) is 0 Å². The van der Waals surface area contributed by atoms with Crippen LogP contribution in [-0.2, 0) is 9.53 Å². The predicted molar refractivity (Wildman–Crippen MR) is 60.2 cm³/mol. The van der Waals surface area contributed by atoms with Crippen LogP contribution in [0.15, 0.2) is 22.7 Å². The molecule has 0 amide bonds. The van der Waals surface area contributed by atoms with Gasteiger partial charge in [0.05, 0.1) is 19.1 Å². The lowest BCUT2D eigenvalue weighted by Gasteiger charge is -2.17. The van der Waals surface area contributed by atoms with Crippen molar-refractivity contribution in [3.63, 3.8) is 0 Å². The molecule has 0 aliphatic heterocycles. The number of aliphatic hydroxyl groups excluding tert-OH is 1. The van der Waals surface area contributed by atoms with Crippen molar-refractivity contribution in [3.05, 3.63) is 34.1 Å². The quantitative estimate of drug-likeness (QED) is 0.870. The first kappa shape index (κ1) is 13.1. The molecule has 0 fully saturated rings.